The maximum Gasteiger partial charge on any atom is 0.360 e. The maximum atomic E-state index is 13.2. The molecule has 200 valence electrons. The van der Waals surface area contributed by atoms with Gasteiger partial charge in [-0.15, -0.1) is 0 Å². The lowest BCUT2D eigenvalue weighted by Crippen LogP contribution is -2.50. The van der Waals surface area contributed by atoms with Gasteiger partial charge in [0.25, 0.3) is 5.56 Å². The van der Waals surface area contributed by atoms with E-state index in [-0.39, 0.29) is 11.0 Å². The van der Waals surface area contributed by atoms with Crippen molar-refractivity contribution in [3.63, 3.8) is 0 Å². The summed E-state index contributed by atoms with van der Waals surface area (Å²) in [6.07, 6.45) is -4.45. The summed E-state index contributed by atoms with van der Waals surface area (Å²) in [7, 11) is 0. The zero-order valence-electron chi connectivity index (χ0n) is 21.2. The molecule has 0 radical (unpaired) electrons. The van der Waals surface area contributed by atoms with Crippen LogP contribution in [0, 0.1) is 13.8 Å². The number of benzene rings is 1. The molecule has 0 bridgehead atoms. The number of ether oxygens (including phenoxy) is 4. The van der Waals surface area contributed by atoms with E-state index in [0.717, 1.165) is 43.4 Å². The van der Waals surface area contributed by atoms with Gasteiger partial charge >= 0.3 is 29.8 Å². The van der Waals surface area contributed by atoms with E-state index in [2.05, 4.69) is 4.98 Å². The van der Waals surface area contributed by atoms with Crippen molar-refractivity contribution in [3.8, 4) is 0 Å². The van der Waals surface area contributed by atoms with Gasteiger partial charge in [-0.2, -0.15) is 0 Å². The van der Waals surface area contributed by atoms with Crippen LogP contribution in [-0.2, 0) is 44.7 Å². The molecule has 13 nitrogen and oxygen atoms in total. The number of aromatic carboxylic acids is 1. The Balaban J connectivity index is 2.75. The summed E-state index contributed by atoms with van der Waals surface area (Å²) in [6.45, 7) is 6.77. The Bertz CT molecular complexity index is 1300. The highest BCUT2D eigenvalue weighted by molar-refractivity contribution is 5.88. The second-order valence-corrected chi connectivity index (χ2v) is 8.28. The smallest absolute Gasteiger partial charge is 0.360 e. The molecule has 0 fully saturated rings. The average molecular weight is 520 g/mol. The minimum Gasteiger partial charge on any atom is -0.476 e. The van der Waals surface area contributed by atoms with Crippen LogP contribution < -0.4 is 5.56 Å². The number of fused-ring (bicyclic) bond motifs is 1. The van der Waals surface area contributed by atoms with Crippen LogP contribution in [-0.4, -0.2) is 69.4 Å². The average Bonchev–Trinajstić information content (AvgIpc) is 2.76. The maximum absolute atomic E-state index is 13.2. The number of esters is 4. The molecule has 0 aliphatic heterocycles. The van der Waals surface area contributed by atoms with E-state index in [1.165, 1.54) is 0 Å². The van der Waals surface area contributed by atoms with Gasteiger partial charge in [0.2, 0.25) is 5.69 Å². The molecule has 0 aliphatic rings. The third kappa shape index (κ3) is 7.59. The number of carboxylic acid groups (broad SMARTS) is 1. The van der Waals surface area contributed by atoms with E-state index >= 15 is 0 Å². The first kappa shape index (κ1) is 28.9. The predicted octanol–water partition coefficient (Wildman–Crippen LogP) is 1.07. The highest BCUT2D eigenvalue weighted by Gasteiger charge is 2.39. The number of hydrogen-bond donors (Lipinski definition) is 1. The SMILES string of the molecule is CC(=O)OC[C@@H](OC(C)=O)[C@@H](OC(C)=O)[C@H](Cn1c(=O)c(C(=O)O)nc2cc(C)c(C)cc21)OC(C)=O. The fourth-order valence-electron chi connectivity index (χ4n) is 3.61. The Hall–Kier alpha value is -4.29. The molecule has 1 N–H and O–H groups in total. The Morgan fingerprint density at radius 3 is 1.92 bits per heavy atom. The van der Waals surface area contributed by atoms with Crippen LogP contribution >= 0.6 is 0 Å². The number of hydrogen-bond acceptors (Lipinski definition) is 11. The molecule has 3 atom stereocenters. The minimum absolute atomic E-state index is 0.183. The van der Waals surface area contributed by atoms with E-state index < -0.39 is 72.6 Å². The molecule has 0 unspecified atom stereocenters. The van der Waals surface area contributed by atoms with Gasteiger partial charge in [-0.05, 0) is 37.1 Å². The van der Waals surface area contributed by atoms with Gasteiger partial charge in [-0.25, -0.2) is 9.78 Å². The molecule has 2 aromatic rings. The standard InChI is InChI=1S/C24H28N2O11/c1-11-7-17-18(8-12(11)2)26(23(31)21(25-17)24(32)33)9-19(35-14(4)28)22(37-16(6)30)20(36-15(5)29)10-34-13(3)27/h7-8,19-20,22H,9-10H2,1-6H3,(H,32,33)/t19-,20+,22-/m0/s1. The van der Waals surface area contributed by atoms with Crippen molar-refractivity contribution in [2.24, 2.45) is 0 Å². The molecule has 1 aromatic carbocycles. The Kier molecular flexibility index (Phi) is 9.47. The van der Waals surface area contributed by atoms with E-state index in [1.54, 1.807) is 26.0 Å². The lowest BCUT2D eigenvalue weighted by atomic mass is 10.1. The van der Waals surface area contributed by atoms with Crippen molar-refractivity contribution in [1.29, 1.82) is 0 Å². The monoisotopic (exact) mass is 520 g/mol. The number of aryl methyl sites for hydroxylation is 2. The molecule has 2 rings (SSSR count). The molecule has 0 amide bonds. The van der Waals surface area contributed by atoms with Crippen LogP contribution in [0.4, 0.5) is 0 Å². The molecular weight excluding hydrogens is 492 g/mol. The van der Waals surface area contributed by atoms with Gasteiger partial charge in [-0.3, -0.25) is 24.0 Å². The summed E-state index contributed by atoms with van der Waals surface area (Å²) in [5, 5.41) is 9.55. The lowest BCUT2D eigenvalue weighted by molar-refractivity contribution is -0.190. The summed E-state index contributed by atoms with van der Waals surface area (Å²) >= 11 is 0. The predicted molar refractivity (Wildman–Crippen MR) is 126 cm³/mol. The van der Waals surface area contributed by atoms with E-state index in [0.29, 0.717) is 0 Å². The van der Waals surface area contributed by atoms with E-state index in [1.807, 2.05) is 0 Å². The normalized spacial score (nSPS) is 13.2. The molecule has 1 aromatic heterocycles. The first-order valence-electron chi connectivity index (χ1n) is 11.1. The van der Waals surface area contributed by atoms with Gasteiger partial charge in [0.1, 0.15) is 6.61 Å². The van der Waals surface area contributed by atoms with Crippen LogP contribution in [0.1, 0.15) is 49.3 Å². The Morgan fingerprint density at radius 2 is 1.41 bits per heavy atom. The first-order chi connectivity index (χ1) is 17.2. The molecule has 1 heterocycles. The Morgan fingerprint density at radius 1 is 0.865 bits per heavy atom. The number of nitrogens with zero attached hydrogens (tertiary/aromatic N) is 2. The van der Waals surface area contributed by atoms with Crippen LogP contribution in [0.15, 0.2) is 16.9 Å². The summed E-state index contributed by atoms with van der Waals surface area (Å²) in [6, 6.07) is 3.21. The Labute approximate surface area is 211 Å². The van der Waals surface area contributed by atoms with Crippen molar-refractivity contribution in [2.45, 2.75) is 66.4 Å². The minimum atomic E-state index is -1.58. The van der Waals surface area contributed by atoms with Gasteiger partial charge < -0.3 is 28.6 Å². The number of rotatable bonds is 10. The van der Waals surface area contributed by atoms with Crippen molar-refractivity contribution in [1.82, 2.24) is 9.55 Å². The highest BCUT2D eigenvalue weighted by atomic mass is 16.6. The fourth-order valence-corrected chi connectivity index (χ4v) is 3.61. The van der Waals surface area contributed by atoms with Crippen LogP contribution in [0.2, 0.25) is 0 Å². The number of carboxylic acids is 1. The third-order valence-corrected chi connectivity index (χ3v) is 5.25. The van der Waals surface area contributed by atoms with E-state index in [9.17, 15) is 33.9 Å². The first-order valence-corrected chi connectivity index (χ1v) is 11.1. The largest absolute Gasteiger partial charge is 0.476 e. The zero-order chi connectivity index (χ0) is 28.0. The topological polar surface area (TPSA) is 177 Å². The fraction of sp³-hybridized carbons (Fsp3) is 0.458. The zero-order valence-corrected chi connectivity index (χ0v) is 21.2. The van der Waals surface area contributed by atoms with Crippen molar-refractivity contribution < 1.29 is 48.0 Å². The third-order valence-electron chi connectivity index (χ3n) is 5.25. The molecule has 0 aliphatic carbocycles. The second kappa shape index (κ2) is 12.1. The van der Waals surface area contributed by atoms with Gasteiger partial charge in [-0.1, -0.05) is 0 Å². The number of aromatic nitrogens is 2. The molecule has 13 heteroatoms. The van der Waals surface area contributed by atoms with E-state index in [4.69, 9.17) is 18.9 Å². The van der Waals surface area contributed by atoms with Crippen molar-refractivity contribution >= 4 is 40.9 Å². The van der Waals surface area contributed by atoms with Gasteiger partial charge in [0, 0.05) is 27.7 Å². The molecule has 0 saturated carbocycles. The molecule has 0 saturated heterocycles. The highest BCUT2D eigenvalue weighted by Crippen LogP contribution is 2.21. The molecular formula is C24H28N2O11. The van der Waals surface area contributed by atoms with Crippen LogP contribution in [0.3, 0.4) is 0 Å². The quantitative estimate of drug-likeness (QED) is 0.349. The van der Waals surface area contributed by atoms with Crippen LogP contribution in [0.5, 0.6) is 0 Å². The summed E-state index contributed by atoms with van der Waals surface area (Å²) in [5.74, 6) is -4.82. The summed E-state index contributed by atoms with van der Waals surface area (Å²) in [5.41, 5.74) is 0.165. The molecule has 37 heavy (non-hydrogen) atoms. The van der Waals surface area contributed by atoms with Crippen molar-refractivity contribution in [2.75, 3.05) is 6.61 Å². The van der Waals surface area contributed by atoms with Gasteiger partial charge in [0.15, 0.2) is 18.3 Å². The lowest BCUT2D eigenvalue weighted by Gasteiger charge is -2.32. The summed E-state index contributed by atoms with van der Waals surface area (Å²) in [4.78, 5) is 76.0. The number of carbonyl (C=O) groups is 5. The second-order valence-electron chi connectivity index (χ2n) is 8.28. The van der Waals surface area contributed by atoms with Crippen molar-refractivity contribution in [3.05, 3.63) is 39.3 Å². The molecule has 0 spiro atoms. The van der Waals surface area contributed by atoms with Gasteiger partial charge in [0.05, 0.1) is 17.6 Å². The summed E-state index contributed by atoms with van der Waals surface area (Å²) < 4.78 is 21.9. The van der Waals surface area contributed by atoms with Crippen LogP contribution in [0.25, 0.3) is 11.0 Å². The number of carbonyl (C=O) groups excluding carboxylic acids is 4.